The first kappa shape index (κ1) is 21.8. The van der Waals surface area contributed by atoms with Gasteiger partial charge in [0.05, 0.1) is 25.8 Å². The molecule has 2 aromatic rings. The molecule has 1 aromatic heterocycles. The number of aromatic nitrogens is 1. The lowest BCUT2D eigenvalue weighted by Crippen LogP contribution is -2.47. The number of ether oxygens (including phenoxy) is 1. The van der Waals surface area contributed by atoms with Crippen LogP contribution < -0.4 is 10.6 Å². The van der Waals surface area contributed by atoms with Crippen molar-refractivity contribution in [2.75, 3.05) is 44.7 Å². The molecule has 1 fully saturated rings. The van der Waals surface area contributed by atoms with E-state index in [1.165, 1.54) is 0 Å². The molecule has 0 saturated carbocycles. The van der Waals surface area contributed by atoms with Crippen molar-refractivity contribution in [3.05, 3.63) is 65.5 Å². The number of amides is 2. The molecule has 1 atom stereocenters. The van der Waals surface area contributed by atoms with E-state index in [9.17, 15) is 9.59 Å². The molecule has 8 nitrogen and oxygen atoms in total. The van der Waals surface area contributed by atoms with Gasteiger partial charge in [-0.3, -0.25) is 14.7 Å². The highest BCUT2D eigenvalue weighted by atomic mass is 16.5. The lowest BCUT2D eigenvalue weighted by Gasteiger charge is -2.29. The maximum atomic E-state index is 12.8. The summed E-state index contributed by atoms with van der Waals surface area (Å²) in [6.07, 6.45) is 6.40. The van der Waals surface area contributed by atoms with Gasteiger partial charge < -0.3 is 20.3 Å². The highest BCUT2D eigenvalue weighted by Gasteiger charge is 2.26. The molecule has 0 aliphatic carbocycles. The average molecular weight is 448 g/mol. The zero-order valence-electron chi connectivity index (χ0n) is 18.6. The van der Waals surface area contributed by atoms with Crippen LogP contribution >= 0.6 is 0 Å². The van der Waals surface area contributed by atoms with E-state index in [4.69, 9.17) is 4.74 Å². The first-order valence-corrected chi connectivity index (χ1v) is 11.5. The number of urea groups is 1. The van der Waals surface area contributed by atoms with Crippen LogP contribution in [-0.4, -0.2) is 72.0 Å². The van der Waals surface area contributed by atoms with Gasteiger partial charge in [-0.25, -0.2) is 4.79 Å². The summed E-state index contributed by atoms with van der Waals surface area (Å²) < 4.78 is 5.37. The highest BCUT2D eigenvalue weighted by Crippen LogP contribution is 2.26. The molecule has 1 saturated heterocycles. The number of rotatable bonds is 5. The molecule has 1 aromatic carbocycles. The Bertz CT molecular complexity index is 1020. The molecule has 33 heavy (non-hydrogen) atoms. The normalized spacial score (nSPS) is 20.8. The van der Waals surface area contributed by atoms with Gasteiger partial charge in [0.2, 0.25) is 0 Å². The van der Waals surface area contributed by atoms with E-state index in [1.807, 2.05) is 36.5 Å². The van der Waals surface area contributed by atoms with E-state index < -0.39 is 0 Å². The van der Waals surface area contributed by atoms with Gasteiger partial charge in [0, 0.05) is 50.8 Å². The van der Waals surface area contributed by atoms with Crippen LogP contribution in [0.5, 0.6) is 0 Å². The molecule has 3 aliphatic rings. The summed E-state index contributed by atoms with van der Waals surface area (Å²) >= 11 is 0. The van der Waals surface area contributed by atoms with Gasteiger partial charge in [0.1, 0.15) is 0 Å². The van der Waals surface area contributed by atoms with Crippen LogP contribution in [-0.2, 0) is 22.6 Å². The maximum absolute atomic E-state index is 12.8. The quantitative estimate of drug-likeness (QED) is 0.731. The molecule has 0 spiro atoms. The van der Waals surface area contributed by atoms with Crippen molar-refractivity contribution in [1.29, 1.82) is 0 Å². The van der Waals surface area contributed by atoms with Crippen LogP contribution in [0.1, 0.15) is 23.1 Å². The molecule has 2 N–H and O–H groups in total. The van der Waals surface area contributed by atoms with Gasteiger partial charge in [-0.05, 0) is 46.9 Å². The number of nitrogens with one attached hydrogen (secondary N) is 2. The first-order chi connectivity index (χ1) is 16.2. The Morgan fingerprint density at radius 1 is 1.09 bits per heavy atom. The number of pyridine rings is 1. The summed E-state index contributed by atoms with van der Waals surface area (Å²) in [7, 11) is 0. The molecular formula is C25H29N5O3. The Labute approximate surface area is 193 Å². The number of fused-ring (bicyclic) bond motifs is 1. The third kappa shape index (κ3) is 5.13. The largest absolute Gasteiger partial charge is 0.379 e. The predicted molar refractivity (Wildman–Crippen MR) is 126 cm³/mol. The third-order valence-corrected chi connectivity index (χ3v) is 6.53. The number of Topliss-reactive ketones (excluding diaryl/α,β-unsaturated/α-hetero) is 1. The van der Waals surface area contributed by atoms with Crippen molar-refractivity contribution >= 4 is 23.1 Å². The minimum Gasteiger partial charge on any atom is -0.379 e. The van der Waals surface area contributed by atoms with E-state index in [2.05, 4.69) is 26.6 Å². The standard InChI is InChI=1S/C25H29N5O3/c31-24(17-29-9-11-33-12-10-29)23-13-19(6-8-27-23)18-1-3-22(4-2-18)28-25(32)30-15-20-5-7-26-14-21(20)16-30/h1-7,14,23,27H,8-13,15-17H2,(H,28,32). The number of carbonyl (C=O) groups is 2. The van der Waals surface area contributed by atoms with Crippen LogP contribution in [0, 0.1) is 0 Å². The second kappa shape index (κ2) is 9.82. The number of hydrogen-bond acceptors (Lipinski definition) is 6. The second-order valence-electron chi connectivity index (χ2n) is 8.76. The van der Waals surface area contributed by atoms with Crippen molar-refractivity contribution in [1.82, 2.24) is 20.1 Å². The first-order valence-electron chi connectivity index (χ1n) is 11.5. The maximum Gasteiger partial charge on any atom is 0.322 e. The molecule has 4 heterocycles. The summed E-state index contributed by atoms with van der Waals surface area (Å²) in [6.45, 7) is 5.34. The minimum atomic E-state index is -0.168. The number of hydrogen-bond donors (Lipinski definition) is 2. The van der Waals surface area contributed by atoms with Crippen molar-refractivity contribution in [3.8, 4) is 0 Å². The van der Waals surface area contributed by atoms with E-state index in [0.29, 0.717) is 45.8 Å². The predicted octanol–water partition coefficient (Wildman–Crippen LogP) is 2.28. The number of ketones is 1. The number of morpholine rings is 1. The fourth-order valence-corrected chi connectivity index (χ4v) is 4.59. The minimum absolute atomic E-state index is 0.117. The van der Waals surface area contributed by atoms with Gasteiger partial charge in [0.15, 0.2) is 5.78 Å². The van der Waals surface area contributed by atoms with E-state index in [-0.39, 0.29) is 17.9 Å². The fourth-order valence-electron chi connectivity index (χ4n) is 4.59. The Morgan fingerprint density at radius 2 is 1.88 bits per heavy atom. The number of anilines is 1. The number of benzene rings is 1. The topological polar surface area (TPSA) is 86.8 Å². The lowest BCUT2D eigenvalue weighted by molar-refractivity contribution is -0.123. The highest BCUT2D eigenvalue weighted by molar-refractivity contribution is 5.90. The zero-order valence-corrected chi connectivity index (χ0v) is 18.6. The Morgan fingerprint density at radius 3 is 2.67 bits per heavy atom. The van der Waals surface area contributed by atoms with Crippen LogP contribution in [0.15, 0.2) is 48.8 Å². The number of nitrogens with zero attached hydrogens (tertiary/aromatic N) is 3. The van der Waals surface area contributed by atoms with Crippen molar-refractivity contribution in [2.45, 2.75) is 25.6 Å². The van der Waals surface area contributed by atoms with Crippen molar-refractivity contribution in [2.24, 2.45) is 0 Å². The van der Waals surface area contributed by atoms with Crippen LogP contribution in [0.25, 0.3) is 5.57 Å². The SMILES string of the molecule is O=C(CN1CCOCC1)C1CC(c2ccc(NC(=O)N3Cc4ccncc4C3)cc2)=CCN1. The summed E-state index contributed by atoms with van der Waals surface area (Å²) in [4.78, 5) is 33.6. The Kier molecular flexibility index (Phi) is 6.48. The van der Waals surface area contributed by atoms with Gasteiger partial charge in [-0.2, -0.15) is 0 Å². The van der Waals surface area contributed by atoms with Crippen molar-refractivity contribution < 1.29 is 14.3 Å². The van der Waals surface area contributed by atoms with E-state index in [0.717, 1.165) is 41.0 Å². The van der Waals surface area contributed by atoms with Crippen LogP contribution in [0.2, 0.25) is 0 Å². The van der Waals surface area contributed by atoms with Gasteiger partial charge in [-0.15, -0.1) is 0 Å². The van der Waals surface area contributed by atoms with Crippen LogP contribution in [0.3, 0.4) is 0 Å². The van der Waals surface area contributed by atoms with Gasteiger partial charge >= 0.3 is 6.03 Å². The lowest BCUT2D eigenvalue weighted by atomic mass is 9.93. The summed E-state index contributed by atoms with van der Waals surface area (Å²) in [5.74, 6) is 0.230. The third-order valence-electron chi connectivity index (χ3n) is 6.53. The molecule has 5 rings (SSSR count). The molecular weight excluding hydrogens is 418 g/mol. The number of carbonyl (C=O) groups excluding carboxylic acids is 2. The molecule has 8 heteroatoms. The van der Waals surface area contributed by atoms with Crippen molar-refractivity contribution in [3.63, 3.8) is 0 Å². The summed E-state index contributed by atoms with van der Waals surface area (Å²) in [5, 5.41) is 6.32. The molecule has 0 bridgehead atoms. The fraction of sp³-hybridized carbons (Fsp3) is 0.400. The molecule has 0 radical (unpaired) electrons. The Hall–Kier alpha value is -3.07. The van der Waals surface area contributed by atoms with E-state index in [1.54, 1.807) is 11.1 Å². The monoisotopic (exact) mass is 447 g/mol. The second-order valence-corrected chi connectivity index (χ2v) is 8.76. The smallest absolute Gasteiger partial charge is 0.322 e. The van der Waals surface area contributed by atoms with Gasteiger partial charge in [-0.1, -0.05) is 18.2 Å². The molecule has 2 amide bonds. The van der Waals surface area contributed by atoms with E-state index >= 15 is 0 Å². The average Bonchev–Trinajstić information content (AvgIpc) is 3.30. The summed E-state index contributed by atoms with van der Waals surface area (Å²) in [6, 6.07) is 9.55. The molecule has 3 aliphatic heterocycles. The molecule has 172 valence electrons. The zero-order chi connectivity index (χ0) is 22.6. The molecule has 1 unspecified atom stereocenters. The Balaban J connectivity index is 1.16. The van der Waals surface area contributed by atoms with Gasteiger partial charge in [0.25, 0.3) is 0 Å². The summed E-state index contributed by atoms with van der Waals surface area (Å²) in [5.41, 5.74) is 5.24. The van der Waals surface area contributed by atoms with Crippen LogP contribution in [0.4, 0.5) is 10.5 Å².